The quantitative estimate of drug-likeness (QED) is 0.604. The van der Waals surface area contributed by atoms with E-state index in [0.29, 0.717) is 25.8 Å². The summed E-state index contributed by atoms with van der Waals surface area (Å²) < 4.78 is 5.65. The van der Waals surface area contributed by atoms with Crippen molar-refractivity contribution in [2.45, 2.75) is 52.0 Å². The normalized spacial score (nSPS) is 20.2. The van der Waals surface area contributed by atoms with Gasteiger partial charge in [0.25, 0.3) is 0 Å². The molecule has 1 heterocycles. The maximum Gasteiger partial charge on any atom is 0.407 e. The van der Waals surface area contributed by atoms with Gasteiger partial charge in [0.1, 0.15) is 12.6 Å². The molecule has 1 saturated heterocycles. The lowest BCUT2D eigenvalue weighted by Crippen LogP contribution is -2.55. The van der Waals surface area contributed by atoms with Crippen LogP contribution in [0.25, 0.3) is 11.1 Å². The molecular weight excluding hydrogens is 444 g/mol. The molecule has 1 aliphatic carbocycles. The Hall–Kier alpha value is -3.35. The van der Waals surface area contributed by atoms with E-state index in [1.165, 1.54) is 0 Å². The van der Waals surface area contributed by atoms with E-state index in [4.69, 9.17) is 4.74 Å². The Labute approximate surface area is 206 Å². The second-order valence-electron chi connectivity index (χ2n) is 10.4. The van der Waals surface area contributed by atoms with Gasteiger partial charge in [-0.2, -0.15) is 0 Å². The number of piperidine rings is 1. The molecule has 0 aromatic heterocycles. The number of rotatable bonds is 7. The number of ether oxygens (including phenoxy) is 1. The fraction of sp³-hybridized carbons (Fsp3) is 0.464. The number of benzene rings is 2. The van der Waals surface area contributed by atoms with E-state index >= 15 is 0 Å². The Morgan fingerprint density at radius 3 is 2.26 bits per heavy atom. The molecule has 4 rings (SSSR count). The Morgan fingerprint density at radius 2 is 1.69 bits per heavy atom. The van der Waals surface area contributed by atoms with Gasteiger partial charge in [0.2, 0.25) is 5.91 Å². The SMILES string of the molecule is CC(C)C[C@H](NC(=O)OCC1c2ccccc2-c2ccccc21)C(=O)N1CCCC(C)(C(=O)O)C1. The summed E-state index contributed by atoms with van der Waals surface area (Å²) in [5.41, 5.74) is 3.57. The Balaban J connectivity index is 1.43. The summed E-state index contributed by atoms with van der Waals surface area (Å²) in [4.78, 5) is 39.5. The third-order valence-corrected chi connectivity index (χ3v) is 7.17. The van der Waals surface area contributed by atoms with E-state index in [1.807, 2.05) is 38.1 Å². The maximum atomic E-state index is 13.3. The molecule has 0 spiro atoms. The van der Waals surface area contributed by atoms with Crippen molar-refractivity contribution < 1.29 is 24.2 Å². The molecule has 2 aliphatic rings. The van der Waals surface area contributed by atoms with Crippen molar-refractivity contribution >= 4 is 18.0 Å². The van der Waals surface area contributed by atoms with Crippen LogP contribution in [0.3, 0.4) is 0 Å². The molecule has 7 nitrogen and oxygen atoms in total. The molecule has 7 heteroatoms. The average molecular weight is 479 g/mol. The number of nitrogens with one attached hydrogen (secondary N) is 1. The highest BCUT2D eigenvalue weighted by molar-refractivity contribution is 5.87. The first-order chi connectivity index (χ1) is 16.7. The summed E-state index contributed by atoms with van der Waals surface area (Å²) in [6.07, 6.45) is 0.960. The van der Waals surface area contributed by atoms with Gasteiger partial charge in [-0.3, -0.25) is 9.59 Å². The van der Waals surface area contributed by atoms with E-state index in [9.17, 15) is 19.5 Å². The summed E-state index contributed by atoms with van der Waals surface area (Å²) in [6.45, 7) is 6.44. The van der Waals surface area contributed by atoms with Crippen LogP contribution in [0.15, 0.2) is 48.5 Å². The largest absolute Gasteiger partial charge is 0.481 e. The van der Waals surface area contributed by atoms with Gasteiger partial charge < -0.3 is 20.1 Å². The smallest absolute Gasteiger partial charge is 0.407 e. The zero-order valence-corrected chi connectivity index (χ0v) is 20.6. The Bertz CT molecular complexity index is 1070. The molecule has 2 aromatic rings. The summed E-state index contributed by atoms with van der Waals surface area (Å²) in [6, 6.07) is 15.5. The highest BCUT2D eigenvalue weighted by Gasteiger charge is 2.41. The molecule has 1 aliphatic heterocycles. The van der Waals surface area contributed by atoms with Crippen LogP contribution in [0.5, 0.6) is 0 Å². The first kappa shape index (κ1) is 24.8. The number of alkyl carbamates (subject to hydrolysis) is 1. The van der Waals surface area contributed by atoms with Crippen molar-refractivity contribution in [3.8, 4) is 11.1 Å². The molecule has 1 unspecified atom stereocenters. The van der Waals surface area contributed by atoms with E-state index in [0.717, 1.165) is 22.3 Å². The van der Waals surface area contributed by atoms with Crippen LogP contribution < -0.4 is 5.32 Å². The second kappa shape index (κ2) is 10.1. The third-order valence-electron chi connectivity index (χ3n) is 7.17. The molecule has 2 atom stereocenters. The summed E-state index contributed by atoms with van der Waals surface area (Å²) in [5, 5.41) is 12.4. The second-order valence-corrected chi connectivity index (χ2v) is 10.4. The summed E-state index contributed by atoms with van der Waals surface area (Å²) >= 11 is 0. The fourth-order valence-electron chi connectivity index (χ4n) is 5.30. The van der Waals surface area contributed by atoms with Crippen molar-refractivity contribution in [3.63, 3.8) is 0 Å². The topological polar surface area (TPSA) is 95.9 Å². The van der Waals surface area contributed by atoms with E-state index in [2.05, 4.69) is 29.6 Å². The lowest BCUT2D eigenvalue weighted by Gasteiger charge is -2.39. The number of carboxylic acid groups (broad SMARTS) is 1. The van der Waals surface area contributed by atoms with Crippen LogP contribution in [0.1, 0.15) is 57.1 Å². The lowest BCUT2D eigenvalue weighted by atomic mass is 9.81. The number of hydrogen-bond donors (Lipinski definition) is 2. The molecule has 0 radical (unpaired) electrons. The minimum absolute atomic E-state index is 0.0641. The minimum atomic E-state index is -0.972. The molecule has 186 valence electrons. The number of likely N-dealkylation sites (tertiary alicyclic amines) is 1. The van der Waals surface area contributed by atoms with E-state index in [1.54, 1.807) is 11.8 Å². The predicted octanol–water partition coefficient (Wildman–Crippen LogP) is 4.65. The number of carboxylic acids is 1. The van der Waals surface area contributed by atoms with Crippen molar-refractivity contribution in [1.29, 1.82) is 0 Å². The number of fused-ring (bicyclic) bond motifs is 3. The standard InChI is InChI=1S/C28H34N2O5/c1-18(2)15-24(25(31)30-14-8-13-28(3,17-30)26(32)33)29-27(34)35-16-23-21-11-6-4-9-19(21)20-10-5-7-12-22(20)23/h4-7,9-12,18,23-24H,8,13-17H2,1-3H3,(H,29,34)(H,32,33)/t24-,28?/m0/s1. The van der Waals surface area contributed by atoms with Crippen LogP contribution in [0, 0.1) is 11.3 Å². The average Bonchev–Trinajstić information content (AvgIpc) is 3.15. The molecule has 0 saturated carbocycles. The molecule has 2 amide bonds. The van der Waals surface area contributed by atoms with E-state index in [-0.39, 0.29) is 30.9 Å². The van der Waals surface area contributed by atoms with Gasteiger partial charge in [-0.25, -0.2) is 4.79 Å². The molecule has 2 N–H and O–H groups in total. The van der Waals surface area contributed by atoms with Crippen LogP contribution in [0.2, 0.25) is 0 Å². The fourth-order valence-corrected chi connectivity index (χ4v) is 5.30. The van der Waals surface area contributed by atoms with Gasteiger partial charge in [-0.15, -0.1) is 0 Å². The van der Waals surface area contributed by atoms with Crippen LogP contribution in [-0.4, -0.2) is 53.7 Å². The molecule has 2 aromatic carbocycles. The van der Waals surface area contributed by atoms with Crippen molar-refractivity contribution in [2.75, 3.05) is 19.7 Å². The summed E-state index contributed by atoms with van der Waals surface area (Å²) in [5.74, 6) is -1.06. The highest BCUT2D eigenvalue weighted by Crippen LogP contribution is 2.44. The predicted molar refractivity (Wildman–Crippen MR) is 133 cm³/mol. The van der Waals surface area contributed by atoms with Gasteiger partial charge in [0, 0.05) is 19.0 Å². The highest BCUT2D eigenvalue weighted by atomic mass is 16.5. The summed E-state index contributed by atoms with van der Waals surface area (Å²) in [7, 11) is 0. The van der Waals surface area contributed by atoms with Crippen LogP contribution in [0.4, 0.5) is 4.79 Å². The third kappa shape index (κ3) is 5.19. The number of nitrogens with zero attached hydrogens (tertiary/aromatic N) is 1. The van der Waals surface area contributed by atoms with Crippen LogP contribution in [-0.2, 0) is 14.3 Å². The Kier molecular flexibility index (Phi) is 7.15. The number of hydrogen-bond acceptors (Lipinski definition) is 4. The lowest BCUT2D eigenvalue weighted by molar-refractivity contribution is -0.154. The zero-order valence-electron chi connectivity index (χ0n) is 20.6. The van der Waals surface area contributed by atoms with Crippen molar-refractivity contribution in [1.82, 2.24) is 10.2 Å². The number of amides is 2. The van der Waals surface area contributed by atoms with Gasteiger partial charge >= 0.3 is 12.1 Å². The molecule has 1 fully saturated rings. The van der Waals surface area contributed by atoms with Crippen molar-refractivity contribution in [3.05, 3.63) is 59.7 Å². The first-order valence-electron chi connectivity index (χ1n) is 12.3. The number of carbonyl (C=O) groups excluding carboxylic acids is 2. The monoisotopic (exact) mass is 478 g/mol. The van der Waals surface area contributed by atoms with Gasteiger partial charge in [0.15, 0.2) is 0 Å². The van der Waals surface area contributed by atoms with E-state index < -0.39 is 23.5 Å². The molecule has 0 bridgehead atoms. The number of carbonyl (C=O) groups is 3. The maximum absolute atomic E-state index is 13.3. The Morgan fingerprint density at radius 1 is 1.09 bits per heavy atom. The number of aliphatic carboxylic acids is 1. The zero-order chi connectivity index (χ0) is 25.2. The molecule has 35 heavy (non-hydrogen) atoms. The van der Waals surface area contributed by atoms with Gasteiger partial charge in [-0.1, -0.05) is 62.4 Å². The van der Waals surface area contributed by atoms with Crippen molar-refractivity contribution in [2.24, 2.45) is 11.3 Å². The molecular formula is C28H34N2O5. The minimum Gasteiger partial charge on any atom is -0.481 e. The van der Waals surface area contributed by atoms with Gasteiger partial charge in [0.05, 0.1) is 5.41 Å². The van der Waals surface area contributed by atoms with Crippen LogP contribution >= 0.6 is 0 Å². The van der Waals surface area contributed by atoms with Gasteiger partial charge in [-0.05, 0) is 54.4 Å². The first-order valence-corrected chi connectivity index (χ1v) is 12.3.